The molecular weight excluding hydrogens is 358 g/mol. The molecule has 1 unspecified atom stereocenters. The van der Waals surface area contributed by atoms with Gasteiger partial charge in [-0.25, -0.2) is 9.78 Å². The normalized spacial score (nSPS) is 12.8. The predicted octanol–water partition coefficient (Wildman–Crippen LogP) is 4.24. The van der Waals surface area contributed by atoms with E-state index >= 15 is 0 Å². The lowest BCUT2D eigenvalue weighted by atomic mass is 9.97. The Balaban J connectivity index is 1.96. The third-order valence-corrected chi connectivity index (χ3v) is 4.50. The molecule has 1 N–H and O–H groups in total. The molecule has 0 aliphatic carbocycles. The predicted molar refractivity (Wildman–Crippen MR) is 107 cm³/mol. The Morgan fingerprint density at radius 2 is 2.00 bits per heavy atom. The number of nitrogens with zero attached hydrogens (tertiary/aromatic N) is 1. The number of aryl methyl sites for hydroxylation is 2. The van der Waals surface area contributed by atoms with Crippen molar-refractivity contribution in [2.75, 3.05) is 13.2 Å². The van der Waals surface area contributed by atoms with Gasteiger partial charge in [-0.15, -0.1) is 0 Å². The smallest absolute Gasteiger partial charge is 0.333 e. The number of carboxylic acids is 1. The minimum absolute atomic E-state index is 0.119. The van der Waals surface area contributed by atoms with Gasteiger partial charge in [0.25, 0.3) is 0 Å². The molecule has 0 amide bonds. The Kier molecular flexibility index (Phi) is 7.24. The van der Waals surface area contributed by atoms with E-state index in [0.29, 0.717) is 26.1 Å². The largest absolute Gasteiger partial charge is 0.493 e. The second-order valence-corrected chi connectivity index (χ2v) is 7.94. The molecule has 1 aromatic carbocycles. The van der Waals surface area contributed by atoms with E-state index in [1.807, 2.05) is 32.0 Å². The van der Waals surface area contributed by atoms with Gasteiger partial charge in [0.1, 0.15) is 11.5 Å². The van der Waals surface area contributed by atoms with Crippen LogP contribution in [0.15, 0.2) is 22.6 Å². The van der Waals surface area contributed by atoms with Crippen molar-refractivity contribution in [2.24, 2.45) is 0 Å². The van der Waals surface area contributed by atoms with Crippen molar-refractivity contribution in [3.8, 4) is 5.75 Å². The quantitative estimate of drug-likeness (QED) is 0.691. The van der Waals surface area contributed by atoms with Crippen LogP contribution in [0.1, 0.15) is 56.2 Å². The SMILES string of the molecule is CCOC(Cc1ccc(OCCc2nc(C(C)(C)C)oc2C)cc1C)C(=O)O. The molecule has 0 saturated heterocycles. The summed E-state index contributed by atoms with van der Waals surface area (Å²) in [7, 11) is 0. The van der Waals surface area contributed by atoms with Gasteiger partial charge in [-0.05, 0) is 44.0 Å². The van der Waals surface area contributed by atoms with E-state index in [2.05, 4.69) is 25.8 Å². The van der Waals surface area contributed by atoms with E-state index in [9.17, 15) is 9.90 Å². The monoisotopic (exact) mass is 389 g/mol. The number of benzene rings is 1. The molecule has 6 nitrogen and oxygen atoms in total. The summed E-state index contributed by atoms with van der Waals surface area (Å²) in [5, 5.41) is 9.25. The highest BCUT2D eigenvalue weighted by atomic mass is 16.5. The van der Waals surface area contributed by atoms with E-state index in [1.54, 1.807) is 6.92 Å². The summed E-state index contributed by atoms with van der Waals surface area (Å²) in [5.74, 6) is 1.37. The molecule has 1 heterocycles. The van der Waals surface area contributed by atoms with Crippen LogP contribution >= 0.6 is 0 Å². The second-order valence-electron chi connectivity index (χ2n) is 7.94. The summed E-state index contributed by atoms with van der Waals surface area (Å²) in [4.78, 5) is 15.9. The molecule has 6 heteroatoms. The van der Waals surface area contributed by atoms with Gasteiger partial charge in [-0.1, -0.05) is 26.8 Å². The first kappa shape index (κ1) is 22.0. The van der Waals surface area contributed by atoms with Crippen molar-refractivity contribution in [3.05, 3.63) is 46.7 Å². The van der Waals surface area contributed by atoms with Crippen LogP contribution in [0.4, 0.5) is 0 Å². The molecule has 0 fully saturated rings. The van der Waals surface area contributed by atoms with Crippen molar-refractivity contribution >= 4 is 5.97 Å². The lowest BCUT2D eigenvalue weighted by Gasteiger charge is -2.15. The maximum atomic E-state index is 11.3. The average molecular weight is 389 g/mol. The Morgan fingerprint density at radius 3 is 2.54 bits per heavy atom. The van der Waals surface area contributed by atoms with E-state index in [-0.39, 0.29) is 5.41 Å². The fourth-order valence-electron chi connectivity index (χ4n) is 2.85. The van der Waals surface area contributed by atoms with E-state index < -0.39 is 12.1 Å². The number of oxazole rings is 1. The van der Waals surface area contributed by atoms with Gasteiger partial charge in [0, 0.05) is 24.9 Å². The first-order valence-corrected chi connectivity index (χ1v) is 9.65. The van der Waals surface area contributed by atoms with Crippen LogP contribution in [0.25, 0.3) is 0 Å². The van der Waals surface area contributed by atoms with Crippen LogP contribution in [0.2, 0.25) is 0 Å². The van der Waals surface area contributed by atoms with Gasteiger partial charge in [0.2, 0.25) is 0 Å². The zero-order valence-electron chi connectivity index (χ0n) is 17.7. The fraction of sp³-hybridized carbons (Fsp3) is 0.545. The van der Waals surface area contributed by atoms with Crippen molar-refractivity contribution < 1.29 is 23.8 Å². The van der Waals surface area contributed by atoms with Crippen molar-refractivity contribution in [1.29, 1.82) is 0 Å². The van der Waals surface area contributed by atoms with Crippen molar-refractivity contribution in [2.45, 2.75) is 65.9 Å². The minimum Gasteiger partial charge on any atom is -0.493 e. The minimum atomic E-state index is -0.945. The van der Waals surface area contributed by atoms with Gasteiger partial charge >= 0.3 is 5.97 Å². The first-order valence-electron chi connectivity index (χ1n) is 9.65. The Bertz CT molecular complexity index is 804. The molecule has 2 rings (SSSR count). The van der Waals surface area contributed by atoms with Gasteiger partial charge in [-0.3, -0.25) is 0 Å². The number of aromatic nitrogens is 1. The lowest BCUT2D eigenvalue weighted by Crippen LogP contribution is -2.26. The number of hydrogen-bond donors (Lipinski definition) is 1. The fourth-order valence-corrected chi connectivity index (χ4v) is 2.85. The standard InChI is InChI=1S/C22H31NO5/c1-7-26-19(20(24)25)13-16-8-9-17(12-14(16)2)27-11-10-18-15(3)28-21(23-18)22(4,5)6/h8-9,12,19H,7,10-11,13H2,1-6H3,(H,24,25). The van der Waals surface area contributed by atoms with Crippen LogP contribution in [-0.2, 0) is 27.8 Å². The highest BCUT2D eigenvalue weighted by Crippen LogP contribution is 2.24. The number of hydrogen-bond acceptors (Lipinski definition) is 5. The molecule has 0 aliphatic rings. The number of carboxylic acid groups (broad SMARTS) is 1. The topological polar surface area (TPSA) is 81.8 Å². The molecule has 1 aromatic heterocycles. The number of rotatable bonds is 9. The highest BCUT2D eigenvalue weighted by Gasteiger charge is 2.22. The maximum absolute atomic E-state index is 11.3. The third kappa shape index (κ3) is 5.83. The molecule has 154 valence electrons. The molecule has 2 aromatic rings. The Morgan fingerprint density at radius 1 is 1.29 bits per heavy atom. The number of carbonyl (C=O) groups is 1. The molecule has 0 saturated carbocycles. The maximum Gasteiger partial charge on any atom is 0.333 e. The van der Waals surface area contributed by atoms with Crippen LogP contribution in [0.5, 0.6) is 5.75 Å². The summed E-state index contributed by atoms with van der Waals surface area (Å²) in [5.41, 5.74) is 2.72. The molecule has 0 bridgehead atoms. The molecule has 0 radical (unpaired) electrons. The summed E-state index contributed by atoms with van der Waals surface area (Å²) in [6.45, 7) is 12.7. The zero-order valence-corrected chi connectivity index (χ0v) is 17.7. The average Bonchev–Trinajstić information content (AvgIpc) is 2.97. The number of ether oxygens (including phenoxy) is 2. The number of aliphatic carboxylic acids is 1. The molecular formula is C22H31NO5. The second kappa shape index (κ2) is 9.24. The molecule has 0 spiro atoms. The van der Waals surface area contributed by atoms with Gasteiger partial charge in [0.15, 0.2) is 12.0 Å². The van der Waals surface area contributed by atoms with Crippen molar-refractivity contribution in [3.63, 3.8) is 0 Å². The molecule has 28 heavy (non-hydrogen) atoms. The van der Waals surface area contributed by atoms with Gasteiger partial charge in [-0.2, -0.15) is 0 Å². The molecule has 1 atom stereocenters. The van der Waals surface area contributed by atoms with Crippen LogP contribution < -0.4 is 4.74 Å². The van der Waals surface area contributed by atoms with Gasteiger partial charge < -0.3 is 19.0 Å². The summed E-state index contributed by atoms with van der Waals surface area (Å²) >= 11 is 0. The van der Waals surface area contributed by atoms with E-state index in [1.165, 1.54) is 0 Å². The summed E-state index contributed by atoms with van der Waals surface area (Å²) < 4.78 is 16.9. The third-order valence-electron chi connectivity index (χ3n) is 4.50. The van der Waals surface area contributed by atoms with Crippen LogP contribution in [0, 0.1) is 13.8 Å². The summed E-state index contributed by atoms with van der Waals surface area (Å²) in [6.07, 6.45) is 0.170. The van der Waals surface area contributed by atoms with E-state index in [0.717, 1.165) is 34.2 Å². The zero-order chi connectivity index (χ0) is 20.9. The highest BCUT2D eigenvalue weighted by molar-refractivity contribution is 5.72. The Hall–Kier alpha value is -2.34. The van der Waals surface area contributed by atoms with Gasteiger partial charge in [0.05, 0.1) is 12.3 Å². The molecule has 0 aliphatic heterocycles. The van der Waals surface area contributed by atoms with Crippen LogP contribution in [0.3, 0.4) is 0 Å². The lowest BCUT2D eigenvalue weighted by molar-refractivity contribution is -0.149. The van der Waals surface area contributed by atoms with E-state index in [4.69, 9.17) is 13.9 Å². The van der Waals surface area contributed by atoms with Crippen LogP contribution in [-0.4, -0.2) is 35.4 Å². The van der Waals surface area contributed by atoms with Crippen molar-refractivity contribution in [1.82, 2.24) is 4.98 Å². The first-order chi connectivity index (χ1) is 13.1. The Labute approximate surface area is 166 Å². The summed E-state index contributed by atoms with van der Waals surface area (Å²) in [6, 6.07) is 5.69.